The second-order valence-electron chi connectivity index (χ2n) is 5.54. The van der Waals surface area contributed by atoms with Crippen molar-refractivity contribution in [2.75, 3.05) is 13.7 Å². The number of methoxy groups -OCH3 is 1. The Labute approximate surface area is 161 Å². The van der Waals surface area contributed by atoms with Crippen molar-refractivity contribution in [1.29, 1.82) is 0 Å². The van der Waals surface area contributed by atoms with Crippen LogP contribution in [0.5, 0.6) is 5.75 Å². The van der Waals surface area contributed by atoms with Crippen LogP contribution in [0.2, 0.25) is 0 Å². The van der Waals surface area contributed by atoms with Crippen molar-refractivity contribution in [2.24, 2.45) is 0 Å². The Balaban J connectivity index is 2.15. The number of aryl methyl sites for hydroxylation is 1. The fourth-order valence-electron chi connectivity index (χ4n) is 2.41. The van der Waals surface area contributed by atoms with E-state index in [4.69, 9.17) is 9.47 Å². The molecule has 25 heavy (non-hydrogen) atoms. The zero-order chi connectivity index (χ0) is 18.2. The normalized spacial score (nSPS) is 11.2. The summed E-state index contributed by atoms with van der Waals surface area (Å²) in [6.07, 6.45) is 5.52. The van der Waals surface area contributed by atoms with Gasteiger partial charge in [-0.05, 0) is 59.1 Å². The zero-order valence-corrected chi connectivity index (χ0v) is 17.2. The molecule has 0 aliphatic carbocycles. The van der Waals surface area contributed by atoms with Gasteiger partial charge in [0, 0.05) is 21.5 Å². The van der Waals surface area contributed by atoms with Crippen LogP contribution >= 0.6 is 27.3 Å². The molecule has 0 bridgehead atoms. The smallest absolute Gasteiger partial charge is 0.195 e. The Morgan fingerprint density at radius 1 is 1.28 bits per heavy atom. The lowest BCUT2D eigenvalue weighted by Gasteiger charge is -2.09. The van der Waals surface area contributed by atoms with Crippen LogP contribution in [0.25, 0.3) is 6.08 Å². The van der Waals surface area contributed by atoms with Gasteiger partial charge >= 0.3 is 0 Å². The van der Waals surface area contributed by atoms with Crippen molar-refractivity contribution >= 4 is 39.1 Å². The molecule has 2 aromatic rings. The van der Waals surface area contributed by atoms with E-state index in [1.165, 1.54) is 4.88 Å². The molecule has 1 aromatic carbocycles. The highest BCUT2D eigenvalue weighted by molar-refractivity contribution is 9.10. The summed E-state index contributed by atoms with van der Waals surface area (Å²) in [5, 5.41) is 0. The minimum absolute atomic E-state index is 0.0234. The molecule has 0 saturated carbocycles. The number of ketones is 1. The fourth-order valence-corrected chi connectivity index (χ4v) is 4.30. The third kappa shape index (κ3) is 5.53. The number of benzene rings is 1. The second-order valence-corrected chi connectivity index (χ2v) is 7.53. The van der Waals surface area contributed by atoms with Gasteiger partial charge in [-0.1, -0.05) is 25.5 Å². The molecule has 0 radical (unpaired) electrons. The molecular formula is C20H23BrO3S. The van der Waals surface area contributed by atoms with Gasteiger partial charge in [0.05, 0.1) is 18.6 Å². The molecule has 3 nitrogen and oxygen atoms in total. The van der Waals surface area contributed by atoms with Crippen molar-refractivity contribution in [3.8, 4) is 5.75 Å². The van der Waals surface area contributed by atoms with Crippen molar-refractivity contribution < 1.29 is 14.3 Å². The highest BCUT2D eigenvalue weighted by Gasteiger charge is 2.11. The van der Waals surface area contributed by atoms with E-state index < -0.39 is 0 Å². The summed E-state index contributed by atoms with van der Waals surface area (Å²) in [5.74, 6) is 0.818. The largest absolute Gasteiger partial charge is 0.496 e. The minimum atomic E-state index is 0.0234. The number of hydrogen-bond donors (Lipinski definition) is 0. The summed E-state index contributed by atoms with van der Waals surface area (Å²) in [5.41, 5.74) is 1.93. The standard InChI is InChI=1S/C20H23BrO3S/c1-4-6-19-16(21)12-20(25-19)17(22)9-7-14-8-10-18(23-3)15(11-14)13-24-5-2/h7-12H,4-6,13H2,1-3H3/b9-7+. The summed E-state index contributed by atoms with van der Waals surface area (Å²) < 4.78 is 11.9. The van der Waals surface area contributed by atoms with E-state index in [2.05, 4.69) is 22.9 Å². The molecule has 0 amide bonds. The van der Waals surface area contributed by atoms with Gasteiger partial charge in [-0.2, -0.15) is 0 Å². The molecule has 1 aromatic heterocycles. The maximum absolute atomic E-state index is 12.4. The summed E-state index contributed by atoms with van der Waals surface area (Å²) in [4.78, 5) is 14.4. The maximum Gasteiger partial charge on any atom is 0.195 e. The summed E-state index contributed by atoms with van der Waals surface area (Å²) >= 11 is 5.10. The van der Waals surface area contributed by atoms with Crippen LogP contribution in [0, 0.1) is 0 Å². The van der Waals surface area contributed by atoms with Crippen LogP contribution in [-0.2, 0) is 17.8 Å². The number of rotatable bonds is 9. The van der Waals surface area contributed by atoms with E-state index in [0.29, 0.717) is 13.2 Å². The quantitative estimate of drug-likeness (QED) is 0.372. The molecule has 5 heteroatoms. The van der Waals surface area contributed by atoms with Crippen molar-refractivity contribution in [3.63, 3.8) is 0 Å². The molecule has 1 heterocycles. The van der Waals surface area contributed by atoms with E-state index in [9.17, 15) is 4.79 Å². The number of ether oxygens (including phenoxy) is 2. The van der Waals surface area contributed by atoms with Crippen LogP contribution in [0.15, 0.2) is 34.8 Å². The highest BCUT2D eigenvalue weighted by Crippen LogP contribution is 2.29. The molecule has 134 valence electrons. The Kier molecular flexibility index (Phi) is 7.88. The Bertz CT molecular complexity index is 749. The van der Waals surface area contributed by atoms with Gasteiger partial charge in [-0.15, -0.1) is 11.3 Å². The van der Waals surface area contributed by atoms with Crippen LogP contribution in [0.3, 0.4) is 0 Å². The maximum atomic E-state index is 12.4. The lowest BCUT2D eigenvalue weighted by atomic mass is 10.1. The summed E-state index contributed by atoms with van der Waals surface area (Å²) in [7, 11) is 1.65. The van der Waals surface area contributed by atoms with E-state index in [0.717, 1.165) is 39.1 Å². The van der Waals surface area contributed by atoms with Crippen molar-refractivity contribution in [1.82, 2.24) is 0 Å². The van der Waals surface area contributed by atoms with Gasteiger partial charge in [0.2, 0.25) is 0 Å². The lowest BCUT2D eigenvalue weighted by molar-refractivity contribution is 0.105. The van der Waals surface area contributed by atoms with Gasteiger partial charge in [0.1, 0.15) is 5.75 Å². The number of carbonyl (C=O) groups is 1. The first-order valence-electron chi connectivity index (χ1n) is 8.34. The van der Waals surface area contributed by atoms with Gasteiger partial charge in [-0.25, -0.2) is 0 Å². The fraction of sp³-hybridized carbons (Fsp3) is 0.350. The van der Waals surface area contributed by atoms with E-state index in [-0.39, 0.29) is 5.78 Å². The van der Waals surface area contributed by atoms with Crippen LogP contribution in [-0.4, -0.2) is 19.5 Å². The Morgan fingerprint density at radius 2 is 2.08 bits per heavy atom. The molecule has 0 atom stereocenters. The van der Waals surface area contributed by atoms with Crippen LogP contribution in [0.4, 0.5) is 0 Å². The van der Waals surface area contributed by atoms with Gasteiger partial charge in [0.25, 0.3) is 0 Å². The van der Waals surface area contributed by atoms with Gasteiger partial charge in [0.15, 0.2) is 5.78 Å². The topological polar surface area (TPSA) is 35.5 Å². The number of thiophene rings is 1. The van der Waals surface area contributed by atoms with Gasteiger partial charge < -0.3 is 9.47 Å². The average molecular weight is 423 g/mol. The van der Waals surface area contributed by atoms with Gasteiger partial charge in [-0.3, -0.25) is 4.79 Å². The third-order valence-electron chi connectivity index (χ3n) is 3.67. The first-order valence-corrected chi connectivity index (χ1v) is 9.95. The third-order valence-corrected chi connectivity index (χ3v) is 5.85. The molecule has 0 spiro atoms. The van der Waals surface area contributed by atoms with Crippen molar-refractivity contribution in [3.05, 3.63) is 55.7 Å². The molecular weight excluding hydrogens is 400 g/mol. The average Bonchev–Trinajstić information content (AvgIpc) is 2.99. The zero-order valence-electron chi connectivity index (χ0n) is 14.8. The molecule has 0 aliphatic heterocycles. The highest BCUT2D eigenvalue weighted by atomic mass is 79.9. The number of carbonyl (C=O) groups excluding carboxylic acids is 1. The number of halogens is 1. The molecule has 0 aliphatic rings. The molecule has 0 unspecified atom stereocenters. The molecule has 0 saturated heterocycles. The predicted octanol–water partition coefficient (Wildman–Crippen LogP) is 5.90. The number of allylic oxidation sites excluding steroid dienone is 1. The summed E-state index contributed by atoms with van der Waals surface area (Å²) in [6, 6.07) is 7.74. The van der Waals surface area contributed by atoms with E-state index >= 15 is 0 Å². The van der Waals surface area contributed by atoms with Crippen molar-refractivity contribution in [2.45, 2.75) is 33.3 Å². The Hall–Kier alpha value is -1.43. The molecule has 0 N–H and O–H groups in total. The molecule has 0 fully saturated rings. The minimum Gasteiger partial charge on any atom is -0.496 e. The predicted molar refractivity (Wildman–Crippen MR) is 108 cm³/mol. The van der Waals surface area contributed by atoms with E-state index in [1.807, 2.05) is 37.3 Å². The first-order chi connectivity index (χ1) is 12.1. The summed E-state index contributed by atoms with van der Waals surface area (Å²) in [6.45, 7) is 5.24. The van der Waals surface area contributed by atoms with Crippen LogP contribution in [0.1, 0.15) is 45.9 Å². The molecule has 2 rings (SSSR count). The van der Waals surface area contributed by atoms with Crippen LogP contribution < -0.4 is 4.74 Å². The SMILES string of the molecule is CCCc1sc(C(=O)/C=C/c2ccc(OC)c(COCC)c2)cc1Br. The monoisotopic (exact) mass is 422 g/mol. The Morgan fingerprint density at radius 3 is 2.76 bits per heavy atom. The van der Waals surface area contributed by atoms with E-state index in [1.54, 1.807) is 24.5 Å². The second kappa shape index (κ2) is 9.90. The lowest BCUT2D eigenvalue weighted by Crippen LogP contribution is -1.97. The first kappa shape index (κ1) is 19.9. The number of hydrogen-bond acceptors (Lipinski definition) is 4.